The molecule has 0 aliphatic carbocycles. The minimum atomic E-state index is -0.312. The Kier molecular flexibility index (Phi) is 4.49. The molecule has 4 heteroatoms. The fourth-order valence-corrected chi connectivity index (χ4v) is 1.51. The van der Waals surface area contributed by atoms with Crippen LogP contribution in [0.5, 0.6) is 0 Å². The molecule has 1 N–H and O–H groups in total. The van der Waals surface area contributed by atoms with Crippen LogP contribution >= 0.6 is 11.9 Å². The smallest absolute Gasteiger partial charge is 0.337 e. The molecule has 0 heterocycles. The van der Waals surface area contributed by atoms with Crippen molar-refractivity contribution in [1.29, 1.82) is 0 Å². The number of ether oxygens (including phenoxy) is 1. The molecule has 0 saturated carbocycles. The number of hydrogen-bond acceptors (Lipinski definition) is 4. The van der Waals surface area contributed by atoms with Gasteiger partial charge in [-0.3, -0.25) is 0 Å². The number of hydrogen-bond donors (Lipinski definition) is 1. The van der Waals surface area contributed by atoms with Gasteiger partial charge in [0.15, 0.2) is 0 Å². The predicted octanol–water partition coefficient (Wildman–Crippen LogP) is 2.94. The molecule has 0 fully saturated rings. The first-order valence-corrected chi connectivity index (χ1v) is 5.61. The molecule has 0 unspecified atom stereocenters. The van der Waals surface area contributed by atoms with Crippen LogP contribution in [0.15, 0.2) is 24.3 Å². The molecule has 1 aromatic carbocycles. The van der Waals surface area contributed by atoms with E-state index in [0.717, 1.165) is 5.69 Å². The van der Waals surface area contributed by atoms with E-state index in [9.17, 15) is 4.79 Å². The Morgan fingerprint density at radius 3 is 2.80 bits per heavy atom. The lowest BCUT2D eigenvalue weighted by Gasteiger charge is -2.08. The van der Waals surface area contributed by atoms with Crippen molar-refractivity contribution >= 4 is 23.6 Å². The van der Waals surface area contributed by atoms with Crippen LogP contribution in [0, 0.1) is 0 Å². The minimum Gasteiger partial charge on any atom is -0.465 e. The van der Waals surface area contributed by atoms with Gasteiger partial charge in [-0.1, -0.05) is 19.9 Å². The summed E-state index contributed by atoms with van der Waals surface area (Å²) in [6.07, 6.45) is 0. The molecule has 3 nitrogen and oxygen atoms in total. The SMILES string of the molecule is COC(=O)c1cccc(NSC(C)C)c1. The highest BCUT2D eigenvalue weighted by molar-refractivity contribution is 8.01. The Balaban J connectivity index is 2.70. The zero-order valence-electron chi connectivity index (χ0n) is 9.11. The molecule has 0 bridgehead atoms. The van der Waals surface area contributed by atoms with Crippen LogP contribution < -0.4 is 4.72 Å². The van der Waals surface area contributed by atoms with E-state index in [1.54, 1.807) is 24.1 Å². The maximum Gasteiger partial charge on any atom is 0.337 e. The third-order valence-corrected chi connectivity index (χ3v) is 2.52. The monoisotopic (exact) mass is 225 g/mol. The summed E-state index contributed by atoms with van der Waals surface area (Å²) < 4.78 is 7.82. The van der Waals surface area contributed by atoms with Gasteiger partial charge in [-0.25, -0.2) is 4.79 Å². The van der Waals surface area contributed by atoms with E-state index in [2.05, 4.69) is 23.3 Å². The molecule has 0 radical (unpaired) electrons. The number of anilines is 1. The fourth-order valence-electron chi connectivity index (χ4n) is 1.01. The van der Waals surface area contributed by atoms with Crippen LogP contribution in [0.1, 0.15) is 24.2 Å². The van der Waals surface area contributed by atoms with Gasteiger partial charge in [0.05, 0.1) is 12.7 Å². The maximum absolute atomic E-state index is 11.2. The van der Waals surface area contributed by atoms with Crippen molar-refractivity contribution in [3.63, 3.8) is 0 Å². The summed E-state index contributed by atoms with van der Waals surface area (Å²) in [4.78, 5) is 11.2. The zero-order valence-corrected chi connectivity index (χ0v) is 9.93. The standard InChI is InChI=1S/C11H15NO2S/c1-8(2)15-12-10-6-4-5-9(7-10)11(13)14-3/h4-8,12H,1-3H3. The Morgan fingerprint density at radius 2 is 2.20 bits per heavy atom. The molecule has 1 aromatic rings. The Labute approximate surface area is 94.3 Å². The molecule has 0 aliphatic heterocycles. The quantitative estimate of drug-likeness (QED) is 0.631. The highest BCUT2D eigenvalue weighted by Gasteiger charge is 2.05. The van der Waals surface area contributed by atoms with Crippen LogP contribution in [0.3, 0.4) is 0 Å². The summed E-state index contributed by atoms with van der Waals surface area (Å²) in [5.74, 6) is -0.312. The first-order valence-electron chi connectivity index (χ1n) is 4.73. The number of methoxy groups -OCH3 is 1. The van der Waals surface area contributed by atoms with E-state index in [1.165, 1.54) is 7.11 Å². The zero-order chi connectivity index (χ0) is 11.3. The van der Waals surface area contributed by atoms with Gasteiger partial charge >= 0.3 is 5.97 Å². The lowest BCUT2D eigenvalue weighted by molar-refractivity contribution is 0.0601. The molecular formula is C11H15NO2S. The van der Waals surface area contributed by atoms with Gasteiger partial charge in [-0.05, 0) is 30.1 Å². The van der Waals surface area contributed by atoms with Gasteiger partial charge in [-0.2, -0.15) is 0 Å². The van der Waals surface area contributed by atoms with Crippen molar-refractivity contribution < 1.29 is 9.53 Å². The van der Waals surface area contributed by atoms with E-state index < -0.39 is 0 Å². The van der Waals surface area contributed by atoms with Crippen molar-refractivity contribution in [3.05, 3.63) is 29.8 Å². The molecule has 0 aromatic heterocycles. The molecule has 0 atom stereocenters. The van der Waals surface area contributed by atoms with Crippen molar-refractivity contribution in [2.45, 2.75) is 19.1 Å². The molecule has 0 amide bonds. The van der Waals surface area contributed by atoms with Crippen LogP contribution in [0.4, 0.5) is 5.69 Å². The highest BCUT2D eigenvalue weighted by Crippen LogP contribution is 2.17. The van der Waals surface area contributed by atoms with Crippen LogP contribution in [0.25, 0.3) is 0 Å². The van der Waals surface area contributed by atoms with E-state index >= 15 is 0 Å². The average Bonchev–Trinajstić information content (AvgIpc) is 2.25. The van der Waals surface area contributed by atoms with E-state index in [1.807, 2.05) is 12.1 Å². The molecule has 15 heavy (non-hydrogen) atoms. The van der Waals surface area contributed by atoms with Gasteiger partial charge < -0.3 is 9.46 Å². The second-order valence-electron chi connectivity index (χ2n) is 3.34. The van der Waals surface area contributed by atoms with E-state index in [-0.39, 0.29) is 5.97 Å². The number of carbonyl (C=O) groups excluding carboxylic acids is 1. The van der Waals surface area contributed by atoms with Crippen molar-refractivity contribution in [2.24, 2.45) is 0 Å². The minimum absolute atomic E-state index is 0.312. The number of esters is 1. The molecular weight excluding hydrogens is 210 g/mol. The topological polar surface area (TPSA) is 38.3 Å². The summed E-state index contributed by atoms with van der Waals surface area (Å²) in [7, 11) is 1.38. The Morgan fingerprint density at radius 1 is 1.47 bits per heavy atom. The van der Waals surface area contributed by atoms with Crippen LogP contribution in [-0.4, -0.2) is 18.3 Å². The van der Waals surface area contributed by atoms with Crippen molar-refractivity contribution in [2.75, 3.05) is 11.8 Å². The first kappa shape index (κ1) is 11.9. The van der Waals surface area contributed by atoms with Crippen LogP contribution in [-0.2, 0) is 4.74 Å². The van der Waals surface area contributed by atoms with Gasteiger partial charge in [0.2, 0.25) is 0 Å². The molecule has 0 saturated heterocycles. The molecule has 0 aliphatic rings. The summed E-state index contributed by atoms with van der Waals surface area (Å²) in [6.45, 7) is 4.20. The number of rotatable bonds is 4. The lowest BCUT2D eigenvalue weighted by atomic mass is 10.2. The van der Waals surface area contributed by atoms with Gasteiger partial charge in [0.1, 0.15) is 0 Å². The predicted molar refractivity (Wildman–Crippen MR) is 64.1 cm³/mol. The summed E-state index contributed by atoms with van der Waals surface area (Å²) in [5.41, 5.74) is 1.48. The van der Waals surface area contributed by atoms with E-state index in [4.69, 9.17) is 0 Å². The maximum atomic E-state index is 11.2. The number of benzene rings is 1. The largest absolute Gasteiger partial charge is 0.465 e. The van der Waals surface area contributed by atoms with Gasteiger partial charge in [0, 0.05) is 10.9 Å². The van der Waals surface area contributed by atoms with Crippen molar-refractivity contribution in [1.82, 2.24) is 0 Å². The Hall–Kier alpha value is -1.16. The summed E-state index contributed by atoms with van der Waals surface area (Å²) in [6, 6.07) is 7.26. The van der Waals surface area contributed by atoms with Gasteiger partial charge in [-0.15, -0.1) is 0 Å². The second-order valence-corrected chi connectivity index (χ2v) is 4.72. The van der Waals surface area contributed by atoms with Crippen molar-refractivity contribution in [3.8, 4) is 0 Å². The normalized spacial score (nSPS) is 10.1. The summed E-state index contributed by atoms with van der Waals surface area (Å²) in [5, 5.41) is 0.492. The summed E-state index contributed by atoms with van der Waals surface area (Å²) >= 11 is 1.61. The number of carbonyl (C=O) groups is 1. The number of nitrogens with one attached hydrogen (secondary N) is 1. The molecule has 82 valence electrons. The first-order chi connectivity index (χ1) is 7.13. The fraction of sp³-hybridized carbons (Fsp3) is 0.364. The highest BCUT2D eigenvalue weighted by atomic mass is 32.2. The third kappa shape index (κ3) is 3.83. The molecule has 0 spiro atoms. The average molecular weight is 225 g/mol. The third-order valence-electron chi connectivity index (χ3n) is 1.70. The van der Waals surface area contributed by atoms with E-state index in [0.29, 0.717) is 10.8 Å². The second kappa shape index (κ2) is 5.66. The molecule has 1 rings (SSSR count). The lowest BCUT2D eigenvalue weighted by Crippen LogP contribution is -2.02. The van der Waals surface area contributed by atoms with Gasteiger partial charge in [0.25, 0.3) is 0 Å². The Bertz CT molecular complexity index is 339. The van der Waals surface area contributed by atoms with Crippen LogP contribution in [0.2, 0.25) is 0 Å².